The SMILES string of the molecule is C=CCc1cc(C=Nc2sc3c(c2C(=O)NC2CCCCC2)CCCC3)ccc1O. The normalized spacial score (nSPS) is 17.1. The predicted molar refractivity (Wildman–Crippen MR) is 125 cm³/mol. The molecule has 0 bridgehead atoms. The van der Waals surface area contributed by atoms with Crippen molar-refractivity contribution in [3.8, 4) is 5.75 Å². The maximum absolute atomic E-state index is 13.2. The van der Waals surface area contributed by atoms with E-state index in [1.807, 2.05) is 12.1 Å². The summed E-state index contributed by atoms with van der Waals surface area (Å²) in [6, 6.07) is 5.76. The van der Waals surface area contributed by atoms with Crippen LogP contribution in [-0.2, 0) is 19.3 Å². The molecule has 0 spiro atoms. The van der Waals surface area contributed by atoms with Crippen LogP contribution >= 0.6 is 11.3 Å². The Labute approximate surface area is 182 Å². The average molecular weight is 423 g/mol. The van der Waals surface area contributed by atoms with Crippen LogP contribution in [0, 0.1) is 0 Å². The number of fused-ring (bicyclic) bond motifs is 1. The van der Waals surface area contributed by atoms with Gasteiger partial charge < -0.3 is 10.4 Å². The molecule has 1 aromatic carbocycles. The van der Waals surface area contributed by atoms with Crippen molar-refractivity contribution < 1.29 is 9.90 Å². The number of nitrogens with zero attached hydrogens (tertiary/aromatic N) is 1. The highest BCUT2D eigenvalue weighted by Gasteiger charge is 2.27. The third kappa shape index (κ3) is 4.67. The number of phenols is 1. The number of aromatic hydroxyl groups is 1. The number of carbonyl (C=O) groups excluding carboxylic acids is 1. The maximum Gasteiger partial charge on any atom is 0.254 e. The van der Waals surface area contributed by atoms with Gasteiger partial charge in [0.05, 0.1) is 5.56 Å². The molecule has 0 unspecified atom stereocenters. The minimum absolute atomic E-state index is 0.0477. The van der Waals surface area contributed by atoms with Crippen LogP contribution in [0.3, 0.4) is 0 Å². The van der Waals surface area contributed by atoms with Crippen LogP contribution in [0.1, 0.15) is 76.9 Å². The Bertz CT molecular complexity index is 954. The molecule has 2 aromatic rings. The van der Waals surface area contributed by atoms with E-state index in [4.69, 9.17) is 4.99 Å². The lowest BCUT2D eigenvalue weighted by atomic mass is 9.93. The Balaban J connectivity index is 1.62. The molecular weight excluding hydrogens is 392 g/mol. The number of aliphatic imine (C=N–C) groups is 1. The molecule has 4 rings (SSSR count). The van der Waals surface area contributed by atoms with Crippen molar-refractivity contribution in [1.82, 2.24) is 5.32 Å². The van der Waals surface area contributed by atoms with Crippen molar-refractivity contribution in [1.29, 1.82) is 0 Å². The Morgan fingerprint density at radius 3 is 2.80 bits per heavy atom. The Morgan fingerprint density at radius 1 is 1.20 bits per heavy atom. The summed E-state index contributed by atoms with van der Waals surface area (Å²) in [4.78, 5) is 19.3. The summed E-state index contributed by atoms with van der Waals surface area (Å²) in [7, 11) is 0. The monoisotopic (exact) mass is 422 g/mol. The molecule has 2 N–H and O–H groups in total. The van der Waals surface area contributed by atoms with Gasteiger partial charge in [0.2, 0.25) is 0 Å². The minimum atomic E-state index is 0.0477. The van der Waals surface area contributed by atoms with Crippen molar-refractivity contribution >= 4 is 28.5 Å². The fourth-order valence-corrected chi connectivity index (χ4v) is 5.75. The van der Waals surface area contributed by atoms with Gasteiger partial charge in [0.25, 0.3) is 5.91 Å². The van der Waals surface area contributed by atoms with Crippen molar-refractivity contribution in [3.63, 3.8) is 0 Å². The zero-order valence-electron chi connectivity index (χ0n) is 17.5. The van der Waals surface area contributed by atoms with E-state index < -0.39 is 0 Å². The number of amides is 1. The zero-order valence-corrected chi connectivity index (χ0v) is 18.3. The number of rotatable bonds is 6. The first-order chi connectivity index (χ1) is 14.7. The fourth-order valence-electron chi connectivity index (χ4n) is 4.52. The number of hydrogen-bond acceptors (Lipinski definition) is 4. The van der Waals surface area contributed by atoms with Crippen LogP contribution in [0.25, 0.3) is 0 Å². The largest absolute Gasteiger partial charge is 0.508 e. The van der Waals surface area contributed by atoms with E-state index in [1.165, 1.54) is 36.1 Å². The highest BCUT2D eigenvalue weighted by Crippen LogP contribution is 2.40. The average Bonchev–Trinajstić information content (AvgIpc) is 3.13. The summed E-state index contributed by atoms with van der Waals surface area (Å²) in [6.45, 7) is 3.75. The lowest BCUT2D eigenvalue weighted by molar-refractivity contribution is 0.0927. The number of benzene rings is 1. The molecule has 0 radical (unpaired) electrons. The van der Waals surface area contributed by atoms with Crippen LogP contribution in [0.2, 0.25) is 0 Å². The second-order valence-electron chi connectivity index (χ2n) is 8.34. The van der Waals surface area contributed by atoms with Crippen molar-refractivity contribution in [2.75, 3.05) is 0 Å². The number of carbonyl (C=O) groups is 1. The smallest absolute Gasteiger partial charge is 0.254 e. The molecule has 1 aromatic heterocycles. The van der Waals surface area contributed by atoms with Crippen LogP contribution in [0.5, 0.6) is 5.75 Å². The van der Waals surface area contributed by atoms with Gasteiger partial charge in [0.15, 0.2) is 0 Å². The second kappa shape index (κ2) is 9.61. The quantitative estimate of drug-likeness (QED) is 0.451. The van der Waals surface area contributed by atoms with Gasteiger partial charge in [-0.1, -0.05) is 25.3 Å². The molecule has 1 fully saturated rings. The molecule has 1 heterocycles. The van der Waals surface area contributed by atoms with Gasteiger partial charge in [-0.25, -0.2) is 4.99 Å². The number of nitrogens with one attached hydrogen (secondary N) is 1. The molecule has 158 valence electrons. The first-order valence-electron chi connectivity index (χ1n) is 11.1. The number of thiophene rings is 1. The van der Waals surface area contributed by atoms with E-state index in [0.29, 0.717) is 12.5 Å². The molecule has 0 atom stereocenters. The van der Waals surface area contributed by atoms with E-state index >= 15 is 0 Å². The highest BCUT2D eigenvalue weighted by atomic mass is 32.1. The van der Waals surface area contributed by atoms with Crippen LogP contribution < -0.4 is 5.32 Å². The summed E-state index contributed by atoms with van der Waals surface area (Å²) in [5.41, 5.74) is 3.75. The molecule has 4 nitrogen and oxygen atoms in total. The van der Waals surface area contributed by atoms with E-state index in [-0.39, 0.29) is 11.7 Å². The molecule has 0 saturated heterocycles. The molecule has 2 aliphatic rings. The Morgan fingerprint density at radius 2 is 2.00 bits per heavy atom. The standard InChI is InChI=1S/C25H30N2O2S/c1-2-8-18-15-17(13-14-21(18)28)16-26-25-23(20-11-6-7-12-22(20)30-25)24(29)27-19-9-4-3-5-10-19/h2,13-16,19,28H,1,3-12H2,(H,27,29). The number of aryl methyl sites for hydroxylation is 1. The van der Waals surface area contributed by atoms with Crippen molar-refractivity contribution in [2.24, 2.45) is 4.99 Å². The summed E-state index contributed by atoms with van der Waals surface area (Å²) in [6.07, 6.45) is 14.4. The molecule has 1 amide bonds. The number of phenolic OH excluding ortho intramolecular Hbond substituents is 1. The molecular formula is C25H30N2O2S. The highest BCUT2D eigenvalue weighted by molar-refractivity contribution is 7.16. The molecule has 5 heteroatoms. The minimum Gasteiger partial charge on any atom is -0.508 e. The first-order valence-corrected chi connectivity index (χ1v) is 11.9. The molecule has 0 aliphatic heterocycles. The zero-order chi connectivity index (χ0) is 20.9. The molecule has 1 saturated carbocycles. The van der Waals surface area contributed by atoms with E-state index in [1.54, 1.807) is 29.7 Å². The van der Waals surface area contributed by atoms with Gasteiger partial charge in [0, 0.05) is 17.1 Å². The second-order valence-corrected chi connectivity index (χ2v) is 9.42. The summed E-state index contributed by atoms with van der Waals surface area (Å²) in [5, 5.41) is 14.1. The Hall–Kier alpha value is -2.40. The van der Waals surface area contributed by atoms with Gasteiger partial charge in [-0.15, -0.1) is 17.9 Å². The van der Waals surface area contributed by atoms with E-state index in [2.05, 4.69) is 11.9 Å². The van der Waals surface area contributed by atoms with E-state index in [0.717, 1.165) is 53.8 Å². The molecule has 30 heavy (non-hydrogen) atoms. The van der Waals surface area contributed by atoms with Crippen molar-refractivity contribution in [3.05, 3.63) is 58.0 Å². The summed E-state index contributed by atoms with van der Waals surface area (Å²) < 4.78 is 0. The summed E-state index contributed by atoms with van der Waals surface area (Å²) >= 11 is 1.66. The molecule has 2 aliphatic carbocycles. The van der Waals surface area contributed by atoms with Crippen molar-refractivity contribution in [2.45, 2.75) is 70.3 Å². The van der Waals surface area contributed by atoms with E-state index in [9.17, 15) is 9.90 Å². The lowest BCUT2D eigenvalue weighted by Gasteiger charge is -2.23. The number of hydrogen-bond donors (Lipinski definition) is 2. The number of allylic oxidation sites excluding steroid dienone is 1. The van der Waals surface area contributed by atoms with Gasteiger partial charge in [-0.3, -0.25) is 4.79 Å². The fraction of sp³-hybridized carbons (Fsp3) is 0.440. The Kier molecular flexibility index (Phi) is 6.68. The summed E-state index contributed by atoms with van der Waals surface area (Å²) in [5.74, 6) is 0.317. The third-order valence-corrected chi connectivity index (χ3v) is 7.32. The van der Waals surface area contributed by atoms with Gasteiger partial charge >= 0.3 is 0 Å². The van der Waals surface area contributed by atoms with Gasteiger partial charge in [-0.2, -0.15) is 0 Å². The van der Waals surface area contributed by atoms with Crippen LogP contribution in [-0.4, -0.2) is 23.3 Å². The first kappa shape index (κ1) is 20.9. The van der Waals surface area contributed by atoms with Gasteiger partial charge in [-0.05, 0) is 79.8 Å². The van der Waals surface area contributed by atoms with Gasteiger partial charge in [0.1, 0.15) is 10.8 Å². The predicted octanol–water partition coefficient (Wildman–Crippen LogP) is 5.87. The topological polar surface area (TPSA) is 61.7 Å². The lowest BCUT2D eigenvalue weighted by Crippen LogP contribution is -2.36. The van der Waals surface area contributed by atoms with Crippen LogP contribution in [0.15, 0.2) is 35.8 Å². The van der Waals surface area contributed by atoms with Crippen LogP contribution in [0.4, 0.5) is 5.00 Å². The maximum atomic E-state index is 13.2. The third-order valence-electron chi connectivity index (χ3n) is 6.12.